The number of nitrogens with zero attached hydrogens (tertiary/aromatic N) is 5. The Morgan fingerprint density at radius 3 is 2.55 bits per heavy atom. The predicted octanol–water partition coefficient (Wildman–Crippen LogP) is 7.05. The molecule has 0 radical (unpaired) electrons. The van der Waals surface area contributed by atoms with Gasteiger partial charge in [-0.2, -0.15) is 0 Å². The van der Waals surface area contributed by atoms with E-state index in [2.05, 4.69) is 15.2 Å². The van der Waals surface area contributed by atoms with Crippen molar-refractivity contribution in [2.45, 2.75) is 50.3 Å². The van der Waals surface area contributed by atoms with E-state index in [1.165, 1.54) is 28.8 Å². The first-order chi connectivity index (χ1) is 22.7. The van der Waals surface area contributed by atoms with Crippen molar-refractivity contribution in [3.8, 4) is 11.5 Å². The van der Waals surface area contributed by atoms with E-state index in [0.29, 0.717) is 51.7 Å². The van der Waals surface area contributed by atoms with Crippen LogP contribution in [0.5, 0.6) is 11.5 Å². The summed E-state index contributed by atoms with van der Waals surface area (Å²) < 4.78 is 27.6. The average Bonchev–Trinajstić information content (AvgIpc) is 3.75. The maximum Gasteiger partial charge on any atom is 0.301 e. The van der Waals surface area contributed by atoms with E-state index in [9.17, 15) is 19.1 Å². The quantitative estimate of drug-likeness (QED) is 0.0517. The summed E-state index contributed by atoms with van der Waals surface area (Å²) in [6, 6.07) is 14.1. The fourth-order valence-corrected chi connectivity index (χ4v) is 7.22. The predicted molar refractivity (Wildman–Crippen MR) is 179 cm³/mol. The molecule has 0 saturated carbocycles. The van der Waals surface area contributed by atoms with Crippen molar-refractivity contribution < 1.29 is 28.6 Å². The Balaban J connectivity index is 1.46. The molecular formula is C34H32FN5O5S2. The SMILES string of the molecule is CCCOc1ccc(C2C(=C(O)c3nc4c(C)cccn4c3C)C(=O)C(=O)N2c2nnc(SCc3ccc(F)cc3)s2)cc1OCC. The minimum atomic E-state index is -1.07. The van der Waals surface area contributed by atoms with Crippen molar-refractivity contribution in [2.24, 2.45) is 0 Å². The van der Waals surface area contributed by atoms with Crippen LogP contribution in [0.4, 0.5) is 9.52 Å². The van der Waals surface area contributed by atoms with Crippen LogP contribution < -0.4 is 14.4 Å². The number of aromatic nitrogens is 4. The number of imidazole rings is 1. The number of halogens is 1. The van der Waals surface area contributed by atoms with Crippen LogP contribution in [0.2, 0.25) is 0 Å². The number of carbonyl (C=O) groups excluding carboxylic acids is 2. The van der Waals surface area contributed by atoms with Crippen molar-refractivity contribution >= 4 is 51.3 Å². The highest BCUT2D eigenvalue weighted by atomic mass is 32.2. The van der Waals surface area contributed by atoms with E-state index >= 15 is 0 Å². The number of pyridine rings is 1. The lowest BCUT2D eigenvalue weighted by molar-refractivity contribution is -0.132. The van der Waals surface area contributed by atoms with Gasteiger partial charge in [-0.1, -0.05) is 54.3 Å². The molecular weight excluding hydrogens is 642 g/mol. The third-order valence-corrected chi connectivity index (χ3v) is 9.80. The van der Waals surface area contributed by atoms with E-state index in [4.69, 9.17) is 9.47 Å². The number of hydrogen-bond acceptors (Lipinski definition) is 10. The second-order valence-corrected chi connectivity index (χ2v) is 13.0. The van der Waals surface area contributed by atoms with Gasteiger partial charge in [-0.05, 0) is 74.2 Å². The van der Waals surface area contributed by atoms with Crippen LogP contribution in [0, 0.1) is 19.7 Å². The molecule has 1 amide bonds. The summed E-state index contributed by atoms with van der Waals surface area (Å²) in [4.78, 5) is 33.6. The number of fused-ring (bicyclic) bond motifs is 1. The second-order valence-electron chi connectivity index (χ2n) is 10.9. The van der Waals surface area contributed by atoms with Crippen LogP contribution in [-0.4, -0.2) is 49.6 Å². The minimum Gasteiger partial charge on any atom is -0.505 e. The molecule has 1 unspecified atom stereocenters. The molecule has 2 aromatic carbocycles. The Bertz CT molecular complexity index is 2010. The number of thioether (sulfide) groups is 1. The summed E-state index contributed by atoms with van der Waals surface area (Å²) in [7, 11) is 0. The number of amides is 1. The topological polar surface area (TPSA) is 119 Å². The Kier molecular flexibility index (Phi) is 9.28. The van der Waals surface area contributed by atoms with Gasteiger partial charge in [-0.25, -0.2) is 9.37 Å². The molecule has 1 aliphatic rings. The van der Waals surface area contributed by atoms with E-state index in [1.807, 2.05) is 43.5 Å². The maximum atomic E-state index is 13.9. The number of hydrogen-bond donors (Lipinski definition) is 1. The smallest absolute Gasteiger partial charge is 0.301 e. The monoisotopic (exact) mass is 673 g/mol. The van der Waals surface area contributed by atoms with Gasteiger partial charge in [0, 0.05) is 11.9 Å². The summed E-state index contributed by atoms with van der Waals surface area (Å²) in [5.41, 5.74) is 3.59. The fraction of sp³-hybridized carbons (Fsp3) is 0.265. The van der Waals surface area contributed by atoms with Crippen molar-refractivity contribution in [3.63, 3.8) is 0 Å². The summed E-state index contributed by atoms with van der Waals surface area (Å²) in [5, 5.41) is 20.6. The van der Waals surface area contributed by atoms with Gasteiger partial charge in [0.2, 0.25) is 5.13 Å². The molecule has 1 atom stereocenters. The molecule has 10 nitrogen and oxygen atoms in total. The van der Waals surface area contributed by atoms with E-state index in [-0.39, 0.29) is 22.2 Å². The first-order valence-electron chi connectivity index (χ1n) is 15.1. The Morgan fingerprint density at radius 1 is 1.04 bits per heavy atom. The highest BCUT2D eigenvalue weighted by Gasteiger charge is 2.49. The number of aliphatic hydroxyl groups is 1. The first-order valence-corrected chi connectivity index (χ1v) is 16.9. The molecule has 0 aliphatic carbocycles. The third kappa shape index (κ3) is 6.20. The zero-order chi connectivity index (χ0) is 33.2. The summed E-state index contributed by atoms with van der Waals surface area (Å²) in [6.45, 7) is 8.39. The average molecular weight is 674 g/mol. The lowest BCUT2D eigenvalue weighted by atomic mass is 9.96. The lowest BCUT2D eigenvalue weighted by Gasteiger charge is -2.23. The summed E-state index contributed by atoms with van der Waals surface area (Å²) >= 11 is 2.52. The van der Waals surface area contributed by atoms with Crippen molar-refractivity contribution in [3.05, 3.63) is 100 Å². The largest absolute Gasteiger partial charge is 0.505 e. The van der Waals surface area contributed by atoms with Gasteiger partial charge in [0.1, 0.15) is 17.2 Å². The Morgan fingerprint density at radius 2 is 1.83 bits per heavy atom. The van der Waals surface area contributed by atoms with Gasteiger partial charge >= 0.3 is 5.91 Å². The number of benzene rings is 2. The van der Waals surface area contributed by atoms with Gasteiger partial charge in [-0.3, -0.25) is 14.5 Å². The molecule has 0 spiro atoms. The summed E-state index contributed by atoms with van der Waals surface area (Å²) in [6.07, 6.45) is 2.62. The molecule has 1 saturated heterocycles. The van der Waals surface area contributed by atoms with Gasteiger partial charge in [0.05, 0.1) is 30.5 Å². The highest BCUT2D eigenvalue weighted by Crippen LogP contribution is 2.46. The number of carbonyl (C=O) groups is 2. The van der Waals surface area contributed by atoms with E-state index in [0.717, 1.165) is 28.9 Å². The molecule has 47 heavy (non-hydrogen) atoms. The molecule has 5 aromatic rings. The first kappa shape index (κ1) is 32.2. The van der Waals surface area contributed by atoms with Crippen LogP contribution in [0.15, 0.2) is 70.7 Å². The van der Waals surface area contributed by atoms with Crippen LogP contribution in [-0.2, 0) is 15.3 Å². The van der Waals surface area contributed by atoms with E-state index in [1.54, 1.807) is 37.3 Å². The maximum absolute atomic E-state index is 13.9. The van der Waals surface area contributed by atoms with Crippen molar-refractivity contribution in [1.82, 2.24) is 19.6 Å². The number of ether oxygens (including phenoxy) is 2. The molecule has 13 heteroatoms. The number of rotatable bonds is 11. The van der Waals surface area contributed by atoms with Gasteiger partial charge in [-0.15, -0.1) is 10.2 Å². The normalized spacial score (nSPS) is 15.9. The highest BCUT2D eigenvalue weighted by molar-refractivity contribution is 8.00. The lowest BCUT2D eigenvalue weighted by Crippen LogP contribution is -2.29. The van der Waals surface area contributed by atoms with E-state index < -0.39 is 23.5 Å². The number of ketones is 1. The number of anilines is 1. The third-order valence-electron chi connectivity index (χ3n) is 7.68. The summed E-state index contributed by atoms with van der Waals surface area (Å²) in [5.74, 6) is -0.978. The zero-order valence-corrected chi connectivity index (χ0v) is 27.8. The van der Waals surface area contributed by atoms with Crippen molar-refractivity contribution in [2.75, 3.05) is 18.1 Å². The number of Topliss-reactive ketones (excluding diaryl/α,β-unsaturated/α-hetero) is 1. The zero-order valence-electron chi connectivity index (χ0n) is 26.2. The van der Waals surface area contributed by atoms with Crippen LogP contribution in [0.1, 0.15) is 54.4 Å². The molecule has 0 bridgehead atoms. The molecule has 242 valence electrons. The standard InChI is InChI=1S/C34H32FN5O5S2/c1-5-16-45-24-14-11-22(17-25(24)44-6-2)28-26(29(41)27-20(4)39-15-7-8-19(3)31(39)36-27)30(42)32(43)40(28)33-37-38-34(47-33)46-18-21-9-12-23(35)13-10-21/h7-15,17,28,41H,5-6,16,18H2,1-4H3. The number of aryl methyl sites for hydroxylation is 2. The molecule has 1 aliphatic heterocycles. The van der Waals surface area contributed by atoms with Crippen LogP contribution in [0.3, 0.4) is 0 Å². The molecule has 6 rings (SSSR count). The van der Waals surface area contributed by atoms with Crippen LogP contribution in [0.25, 0.3) is 11.4 Å². The molecule has 4 heterocycles. The minimum absolute atomic E-state index is 0.125. The van der Waals surface area contributed by atoms with Gasteiger partial charge < -0.3 is 19.0 Å². The molecule has 1 fully saturated rings. The van der Waals surface area contributed by atoms with Crippen LogP contribution >= 0.6 is 23.1 Å². The van der Waals surface area contributed by atoms with Gasteiger partial charge in [0.15, 0.2) is 21.6 Å². The Hall–Kier alpha value is -4.75. The van der Waals surface area contributed by atoms with Gasteiger partial charge in [0.25, 0.3) is 5.78 Å². The number of aliphatic hydroxyl groups excluding tert-OH is 1. The second kappa shape index (κ2) is 13.5. The molecule has 1 N–H and O–H groups in total. The fourth-order valence-electron chi connectivity index (χ4n) is 5.40. The van der Waals surface area contributed by atoms with Crippen molar-refractivity contribution in [1.29, 1.82) is 0 Å². The Labute approximate surface area is 278 Å². The molecule has 3 aromatic heterocycles.